The van der Waals surface area contributed by atoms with Crippen molar-refractivity contribution in [2.75, 3.05) is 4.90 Å². The number of anilines is 1. The lowest BCUT2D eigenvalue weighted by atomic mass is 10.1. The number of carbonyl (C=O) groups excluding carboxylic acids is 3. The molecule has 0 N–H and O–H groups in total. The highest BCUT2D eigenvalue weighted by Gasteiger charge is 2.44. The maximum atomic E-state index is 13.4. The van der Waals surface area contributed by atoms with Crippen molar-refractivity contribution in [2.45, 2.75) is 25.9 Å². The molecule has 0 saturated carbocycles. The van der Waals surface area contributed by atoms with Crippen molar-refractivity contribution in [1.82, 2.24) is 4.90 Å². The van der Waals surface area contributed by atoms with E-state index in [-0.39, 0.29) is 24.2 Å². The van der Waals surface area contributed by atoms with Crippen LogP contribution in [-0.4, -0.2) is 28.7 Å². The maximum Gasteiger partial charge on any atom is 0.257 e. The third-order valence-electron chi connectivity index (χ3n) is 5.41. The minimum Gasteiger partial charge on any atom is -0.322 e. The summed E-state index contributed by atoms with van der Waals surface area (Å²) in [7, 11) is 0. The van der Waals surface area contributed by atoms with E-state index in [1.54, 1.807) is 0 Å². The van der Waals surface area contributed by atoms with Crippen molar-refractivity contribution in [3.63, 3.8) is 0 Å². The zero-order valence-corrected chi connectivity index (χ0v) is 17.3. The first-order valence-electron chi connectivity index (χ1n) is 10.1. The maximum absolute atomic E-state index is 13.4. The van der Waals surface area contributed by atoms with Gasteiger partial charge in [-0.05, 0) is 61.0 Å². The van der Waals surface area contributed by atoms with E-state index in [0.29, 0.717) is 0 Å². The predicted molar refractivity (Wildman–Crippen MR) is 115 cm³/mol. The quantitative estimate of drug-likeness (QED) is 0.565. The molecule has 1 unspecified atom stereocenters. The second kappa shape index (κ2) is 8.70. The van der Waals surface area contributed by atoms with Gasteiger partial charge >= 0.3 is 0 Å². The SMILES string of the molecule is Cc1ccc(CN(C(=O)c2ccc(F)cc2)C2CC(=O)N(c3ccc(F)cc3)C2=O)cc1. The molecule has 3 aromatic rings. The summed E-state index contributed by atoms with van der Waals surface area (Å²) >= 11 is 0. The van der Waals surface area contributed by atoms with Crippen LogP contribution in [0, 0.1) is 18.6 Å². The van der Waals surface area contributed by atoms with Gasteiger partial charge in [0.15, 0.2) is 0 Å². The summed E-state index contributed by atoms with van der Waals surface area (Å²) in [5.74, 6) is -2.51. The first kappa shape index (κ1) is 21.4. The molecule has 0 spiro atoms. The minimum atomic E-state index is -1.04. The van der Waals surface area contributed by atoms with Crippen molar-refractivity contribution in [3.05, 3.63) is 101 Å². The number of imide groups is 1. The van der Waals surface area contributed by atoms with Crippen LogP contribution in [0.3, 0.4) is 0 Å². The number of hydrogen-bond acceptors (Lipinski definition) is 3. The van der Waals surface area contributed by atoms with Crippen LogP contribution in [0.25, 0.3) is 0 Å². The number of hydrogen-bond donors (Lipinski definition) is 0. The molecule has 0 aliphatic carbocycles. The summed E-state index contributed by atoms with van der Waals surface area (Å²) < 4.78 is 26.7. The van der Waals surface area contributed by atoms with E-state index in [2.05, 4.69) is 0 Å². The number of halogens is 2. The molecule has 32 heavy (non-hydrogen) atoms. The van der Waals surface area contributed by atoms with Gasteiger partial charge in [0.2, 0.25) is 5.91 Å². The highest BCUT2D eigenvalue weighted by Crippen LogP contribution is 2.28. The van der Waals surface area contributed by atoms with Crippen LogP contribution < -0.4 is 4.90 Å². The Hall–Kier alpha value is -3.87. The fraction of sp³-hybridized carbons (Fsp3) is 0.160. The normalized spacial score (nSPS) is 15.8. The van der Waals surface area contributed by atoms with Crippen molar-refractivity contribution < 1.29 is 23.2 Å². The number of benzene rings is 3. The summed E-state index contributed by atoms with van der Waals surface area (Å²) in [5, 5.41) is 0. The third kappa shape index (κ3) is 4.27. The van der Waals surface area contributed by atoms with E-state index >= 15 is 0 Å². The van der Waals surface area contributed by atoms with Crippen molar-refractivity contribution >= 4 is 23.4 Å². The van der Waals surface area contributed by atoms with Crippen LogP contribution in [0.1, 0.15) is 27.9 Å². The van der Waals surface area contributed by atoms with E-state index in [1.165, 1.54) is 41.3 Å². The molecule has 1 heterocycles. The number of amides is 3. The lowest BCUT2D eigenvalue weighted by Crippen LogP contribution is -2.45. The van der Waals surface area contributed by atoms with Gasteiger partial charge in [0.05, 0.1) is 12.1 Å². The van der Waals surface area contributed by atoms with Crippen LogP contribution in [0.2, 0.25) is 0 Å². The summed E-state index contributed by atoms with van der Waals surface area (Å²) in [5.41, 5.74) is 2.28. The van der Waals surface area contributed by atoms with E-state index in [9.17, 15) is 23.2 Å². The Balaban J connectivity index is 1.68. The Morgan fingerprint density at radius 1 is 0.906 bits per heavy atom. The fourth-order valence-corrected chi connectivity index (χ4v) is 3.69. The van der Waals surface area contributed by atoms with Gasteiger partial charge in [-0.1, -0.05) is 29.8 Å². The number of nitrogens with zero attached hydrogens (tertiary/aromatic N) is 2. The van der Waals surface area contributed by atoms with E-state index in [4.69, 9.17) is 0 Å². The number of rotatable bonds is 5. The smallest absolute Gasteiger partial charge is 0.257 e. The van der Waals surface area contributed by atoms with Gasteiger partial charge in [-0.2, -0.15) is 0 Å². The number of aryl methyl sites for hydroxylation is 1. The number of carbonyl (C=O) groups is 3. The van der Waals surface area contributed by atoms with E-state index in [1.807, 2.05) is 31.2 Å². The zero-order valence-electron chi connectivity index (χ0n) is 17.3. The van der Waals surface area contributed by atoms with Crippen molar-refractivity contribution in [2.24, 2.45) is 0 Å². The monoisotopic (exact) mass is 434 g/mol. The molecule has 1 aliphatic rings. The second-order valence-corrected chi connectivity index (χ2v) is 7.69. The molecule has 162 valence electrons. The molecule has 7 heteroatoms. The van der Waals surface area contributed by atoms with Gasteiger partial charge in [-0.3, -0.25) is 14.4 Å². The van der Waals surface area contributed by atoms with Gasteiger partial charge in [0.1, 0.15) is 17.7 Å². The Morgan fingerprint density at radius 2 is 1.47 bits per heavy atom. The van der Waals surface area contributed by atoms with E-state index in [0.717, 1.165) is 28.2 Å². The molecule has 1 saturated heterocycles. The molecular formula is C25H20F2N2O3. The van der Waals surface area contributed by atoms with Gasteiger partial charge in [-0.25, -0.2) is 13.7 Å². The first-order valence-corrected chi connectivity index (χ1v) is 10.1. The first-order chi connectivity index (χ1) is 15.3. The topological polar surface area (TPSA) is 57.7 Å². The zero-order chi connectivity index (χ0) is 22.8. The molecular weight excluding hydrogens is 414 g/mol. The second-order valence-electron chi connectivity index (χ2n) is 7.69. The summed E-state index contributed by atoms with van der Waals surface area (Å²) in [4.78, 5) is 41.6. The van der Waals surface area contributed by atoms with Crippen molar-refractivity contribution in [1.29, 1.82) is 0 Å². The molecule has 4 rings (SSSR count). The average Bonchev–Trinajstić information content (AvgIpc) is 3.08. The molecule has 1 atom stereocenters. The molecule has 3 amide bonds. The summed E-state index contributed by atoms with van der Waals surface area (Å²) in [6, 6.07) is 16.5. The lowest BCUT2D eigenvalue weighted by molar-refractivity contribution is -0.122. The summed E-state index contributed by atoms with van der Waals surface area (Å²) in [6.07, 6.45) is -0.199. The fourth-order valence-electron chi connectivity index (χ4n) is 3.69. The van der Waals surface area contributed by atoms with Crippen LogP contribution in [0.4, 0.5) is 14.5 Å². The van der Waals surface area contributed by atoms with E-state index < -0.39 is 35.4 Å². The molecule has 0 aromatic heterocycles. The Labute approximate surface area is 183 Å². The molecule has 0 radical (unpaired) electrons. The Morgan fingerprint density at radius 3 is 2.06 bits per heavy atom. The lowest BCUT2D eigenvalue weighted by Gasteiger charge is -2.28. The molecule has 5 nitrogen and oxygen atoms in total. The molecule has 1 aliphatic heterocycles. The summed E-state index contributed by atoms with van der Waals surface area (Å²) in [6.45, 7) is 2.03. The highest BCUT2D eigenvalue weighted by molar-refractivity contribution is 6.23. The third-order valence-corrected chi connectivity index (χ3v) is 5.41. The minimum absolute atomic E-state index is 0.0947. The highest BCUT2D eigenvalue weighted by atomic mass is 19.1. The Bertz CT molecular complexity index is 1160. The van der Waals surface area contributed by atoms with Gasteiger partial charge in [0, 0.05) is 12.1 Å². The van der Waals surface area contributed by atoms with Gasteiger partial charge < -0.3 is 4.90 Å². The molecule has 1 fully saturated rings. The largest absolute Gasteiger partial charge is 0.322 e. The van der Waals surface area contributed by atoms with Crippen LogP contribution in [0.5, 0.6) is 0 Å². The van der Waals surface area contributed by atoms with Crippen LogP contribution in [-0.2, 0) is 16.1 Å². The predicted octanol–water partition coefficient (Wildman–Crippen LogP) is 4.25. The van der Waals surface area contributed by atoms with Gasteiger partial charge in [0.25, 0.3) is 11.8 Å². The van der Waals surface area contributed by atoms with Gasteiger partial charge in [-0.15, -0.1) is 0 Å². The standard InChI is InChI=1S/C25H20F2N2O3/c1-16-2-4-17(5-3-16)15-28(24(31)18-6-8-19(26)9-7-18)22-14-23(30)29(25(22)32)21-12-10-20(27)11-13-21/h2-13,22H,14-15H2,1H3. The molecule has 3 aromatic carbocycles. The average molecular weight is 434 g/mol. The van der Waals surface area contributed by atoms with Crippen LogP contribution >= 0.6 is 0 Å². The van der Waals surface area contributed by atoms with Crippen molar-refractivity contribution in [3.8, 4) is 0 Å². The molecule has 0 bridgehead atoms. The van der Waals surface area contributed by atoms with Crippen LogP contribution in [0.15, 0.2) is 72.8 Å². The Kier molecular flexibility index (Phi) is 5.81.